The topological polar surface area (TPSA) is 36.3 Å². The number of ether oxygens (including phenoxy) is 2. The van der Waals surface area contributed by atoms with Gasteiger partial charge in [-0.05, 0) is 55.9 Å². The summed E-state index contributed by atoms with van der Waals surface area (Å²) < 4.78 is 15.1. The summed E-state index contributed by atoms with van der Waals surface area (Å²) in [6.07, 6.45) is 8.32. The fraction of sp³-hybridized carbons (Fsp3) is 0.500. The highest BCUT2D eigenvalue weighted by Gasteiger charge is 2.38. The molecule has 182 valence electrons. The maximum Gasteiger partial charge on any atom is 0.134 e. The van der Waals surface area contributed by atoms with E-state index >= 15 is 0 Å². The number of fused-ring (bicyclic) bond motifs is 3. The molecule has 34 heavy (non-hydrogen) atoms. The molecule has 0 atom stereocenters. The van der Waals surface area contributed by atoms with Crippen molar-refractivity contribution in [3.8, 4) is 22.8 Å². The third kappa shape index (κ3) is 5.01. The van der Waals surface area contributed by atoms with Gasteiger partial charge in [0.25, 0.3) is 0 Å². The van der Waals surface area contributed by atoms with Crippen molar-refractivity contribution < 1.29 is 9.47 Å². The number of aryl methyl sites for hydroxylation is 1. The molecular formula is C30H40N2O2. The Morgan fingerprint density at radius 2 is 1.79 bits per heavy atom. The Hall–Kier alpha value is -2.75. The second kappa shape index (κ2) is 9.85. The highest BCUT2D eigenvalue weighted by atomic mass is 16.5. The first-order valence-corrected chi connectivity index (χ1v) is 12.9. The molecule has 2 aromatic carbocycles. The first-order valence-electron chi connectivity index (χ1n) is 12.9. The lowest BCUT2D eigenvalue weighted by atomic mass is 9.78. The van der Waals surface area contributed by atoms with Crippen molar-refractivity contribution in [3.63, 3.8) is 0 Å². The lowest BCUT2D eigenvalue weighted by Crippen LogP contribution is -2.29. The summed E-state index contributed by atoms with van der Waals surface area (Å²) in [5.41, 5.74) is 5.06. The number of nitrogens with zero attached hydrogens (tertiary/aromatic N) is 2. The third-order valence-electron chi connectivity index (χ3n) is 7.08. The van der Waals surface area contributed by atoms with Gasteiger partial charge in [0.15, 0.2) is 0 Å². The zero-order valence-corrected chi connectivity index (χ0v) is 21.8. The minimum Gasteiger partial charge on any atom is -0.488 e. The van der Waals surface area contributed by atoms with Gasteiger partial charge >= 0.3 is 0 Å². The van der Waals surface area contributed by atoms with Gasteiger partial charge < -0.3 is 9.47 Å². The van der Waals surface area contributed by atoms with Gasteiger partial charge in [-0.2, -0.15) is 5.10 Å². The van der Waals surface area contributed by atoms with Crippen molar-refractivity contribution >= 4 is 0 Å². The van der Waals surface area contributed by atoms with Crippen LogP contribution in [0.25, 0.3) is 11.3 Å². The normalized spacial score (nSPS) is 14.3. The van der Waals surface area contributed by atoms with Gasteiger partial charge in [0.1, 0.15) is 29.4 Å². The Morgan fingerprint density at radius 3 is 2.50 bits per heavy atom. The van der Waals surface area contributed by atoms with Crippen molar-refractivity contribution in [2.45, 2.75) is 97.8 Å². The third-order valence-corrected chi connectivity index (χ3v) is 7.08. The van der Waals surface area contributed by atoms with E-state index in [9.17, 15) is 0 Å². The summed E-state index contributed by atoms with van der Waals surface area (Å²) >= 11 is 0. The van der Waals surface area contributed by atoms with Gasteiger partial charge in [0.2, 0.25) is 0 Å². The SMILES string of the molecule is CCCCCCC(C)(C)c1cc(OCc2ccccc2)c2c(c1)OC(C)(C)c1cn(CC)nc1-2. The monoisotopic (exact) mass is 460 g/mol. The summed E-state index contributed by atoms with van der Waals surface area (Å²) in [7, 11) is 0. The predicted molar refractivity (Wildman–Crippen MR) is 140 cm³/mol. The smallest absolute Gasteiger partial charge is 0.134 e. The van der Waals surface area contributed by atoms with Gasteiger partial charge in [0, 0.05) is 18.3 Å². The highest BCUT2D eigenvalue weighted by molar-refractivity contribution is 5.80. The molecule has 1 aromatic heterocycles. The number of unbranched alkanes of at least 4 members (excludes halogenated alkanes) is 3. The zero-order chi connectivity index (χ0) is 24.3. The van der Waals surface area contributed by atoms with E-state index in [1.165, 1.54) is 31.2 Å². The van der Waals surface area contributed by atoms with Crippen LogP contribution in [0, 0.1) is 0 Å². The lowest BCUT2D eigenvalue weighted by Gasteiger charge is -2.35. The Balaban J connectivity index is 1.77. The first-order chi connectivity index (χ1) is 16.2. The number of benzene rings is 2. The van der Waals surface area contributed by atoms with Crippen molar-refractivity contribution in [2.24, 2.45) is 0 Å². The average Bonchev–Trinajstić information content (AvgIpc) is 3.26. The van der Waals surface area contributed by atoms with Gasteiger partial charge in [-0.25, -0.2) is 0 Å². The van der Waals surface area contributed by atoms with Crippen LogP contribution in [0.2, 0.25) is 0 Å². The van der Waals surface area contributed by atoms with Crippen LogP contribution in [0.1, 0.15) is 90.3 Å². The van der Waals surface area contributed by atoms with E-state index in [0.717, 1.165) is 46.8 Å². The second-order valence-corrected chi connectivity index (χ2v) is 10.7. The van der Waals surface area contributed by atoms with Crippen molar-refractivity contribution in [1.82, 2.24) is 9.78 Å². The molecule has 3 aromatic rings. The van der Waals surface area contributed by atoms with Crippen LogP contribution in [-0.4, -0.2) is 9.78 Å². The fourth-order valence-electron chi connectivity index (χ4n) is 4.82. The van der Waals surface area contributed by atoms with E-state index in [-0.39, 0.29) is 5.41 Å². The summed E-state index contributed by atoms with van der Waals surface area (Å²) in [5, 5.41) is 4.94. The molecule has 2 heterocycles. The Morgan fingerprint density at radius 1 is 1.03 bits per heavy atom. The van der Waals surface area contributed by atoms with Crippen molar-refractivity contribution in [2.75, 3.05) is 0 Å². The molecular weight excluding hydrogens is 420 g/mol. The first kappa shape index (κ1) is 24.4. The Kier molecular flexibility index (Phi) is 7.06. The Labute approximate surface area is 205 Å². The molecule has 1 aliphatic rings. The van der Waals surface area contributed by atoms with Gasteiger partial charge in [-0.3, -0.25) is 4.68 Å². The molecule has 0 amide bonds. The summed E-state index contributed by atoms with van der Waals surface area (Å²) in [6.45, 7) is 14.7. The summed E-state index contributed by atoms with van der Waals surface area (Å²) in [6, 6.07) is 14.8. The number of hydrogen-bond donors (Lipinski definition) is 0. The van der Waals surface area contributed by atoms with Crippen LogP contribution in [0.15, 0.2) is 48.7 Å². The largest absolute Gasteiger partial charge is 0.488 e. The molecule has 4 rings (SSSR count). The molecule has 4 heteroatoms. The van der Waals surface area contributed by atoms with E-state index in [1.54, 1.807) is 0 Å². The standard InChI is InChI=1S/C30H40N2O2/c1-7-9-10-14-17-29(3,4)23-18-25(33-21-22-15-12-11-13-16-22)27-26(19-23)34-30(5,6)24-20-32(8-2)31-28(24)27/h11-13,15-16,18-20H,7-10,14,17,21H2,1-6H3. The number of aromatic nitrogens is 2. The highest BCUT2D eigenvalue weighted by Crippen LogP contribution is 2.51. The number of rotatable bonds is 10. The average molecular weight is 461 g/mol. The van der Waals surface area contributed by atoms with E-state index < -0.39 is 5.60 Å². The van der Waals surface area contributed by atoms with E-state index in [4.69, 9.17) is 14.6 Å². The van der Waals surface area contributed by atoms with Gasteiger partial charge in [-0.1, -0.05) is 76.8 Å². The van der Waals surface area contributed by atoms with E-state index in [2.05, 4.69) is 84.1 Å². The van der Waals surface area contributed by atoms with Crippen LogP contribution in [0.4, 0.5) is 0 Å². The molecule has 0 spiro atoms. The predicted octanol–water partition coefficient (Wildman–Crippen LogP) is 8.02. The molecule has 0 bridgehead atoms. The zero-order valence-electron chi connectivity index (χ0n) is 21.8. The second-order valence-electron chi connectivity index (χ2n) is 10.7. The fourth-order valence-corrected chi connectivity index (χ4v) is 4.82. The maximum absolute atomic E-state index is 6.64. The summed E-state index contributed by atoms with van der Waals surface area (Å²) in [5.74, 6) is 1.73. The molecule has 0 radical (unpaired) electrons. The molecule has 4 nitrogen and oxygen atoms in total. The minimum absolute atomic E-state index is 0.0319. The van der Waals surface area contributed by atoms with Crippen molar-refractivity contribution in [3.05, 3.63) is 65.4 Å². The van der Waals surface area contributed by atoms with Crippen LogP contribution in [0.3, 0.4) is 0 Å². The maximum atomic E-state index is 6.64. The van der Waals surface area contributed by atoms with Crippen LogP contribution >= 0.6 is 0 Å². The number of hydrogen-bond acceptors (Lipinski definition) is 3. The van der Waals surface area contributed by atoms with Crippen molar-refractivity contribution in [1.29, 1.82) is 0 Å². The summed E-state index contributed by atoms with van der Waals surface area (Å²) in [4.78, 5) is 0. The van der Waals surface area contributed by atoms with Gasteiger partial charge in [0.05, 0.1) is 5.56 Å². The van der Waals surface area contributed by atoms with Crippen LogP contribution in [-0.2, 0) is 24.2 Å². The van der Waals surface area contributed by atoms with Gasteiger partial charge in [-0.15, -0.1) is 0 Å². The molecule has 1 aliphatic heterocycles. The molecule has 0 fully saturated rings. The quantitative estimate of drug-likeness (QED) is 0.287. The molecule has 0 aliphatic carbocycles. The molecule has 0 saturated carbocycles. The van der Waals surface area contributed by atoms with E-state index in [0.29, 0.717) is 6.61 Å². The van der Waals surface area contributed by atoms with Crippen LogP contribution in [0.5, 0.6) is 11.5 Å². The molecule has 0 saturated heterocycles. The minimum atomic E-state index is -0.448. The molecule has 0 N–H and O–H groups in total. The lowest BCUT2D eigenvalue weighted by molar-refractivity contribution is 0.104. The Bertz CT molecular complexity index is 1110. The molecule has 0 unspecified atom stereocenters. The van der Waals surface area contributed by atoms with E-state index in [1.807, 2.05) is 10.7 Å². The van der Waals surface area contributed by atoms with Crippen LogP contribution < -0.4 is 9.47 Å².